The standard InChI is InChI=1S/C14H17N3O/c1-4-15-14-8-12(16-9-17-14)11-7-10(2)5-6-13(11)18-3/h5-9H,4H2,1-3H3,(H,15,16,17). The summed E-state index contributed by atoms with van der Waals surface area (Å²) in [4.78, 5) is 8.48. The van der Waals surface area contributed by atoms with Gasteiger partial charge in [0.05, 0.1) is 12.8 Å². The third-order valence-corrected chi connectivity index (χ3v) is 2.66. The molecule has 0 bridgehead atoms. The molecular formula is C14H17N3O. The maximum Gasteiger partial charge on any atom is 0.129 e. The summed E-state index contributed by atoms with van der Waals surface area (Å²) in [5, 5.41) is 3.18. The van der Waals surface area contributed by atoms with Crippen LogP contribution >= 0.6 is 0 Å². The number of rotatable bonds is 4. The molecule has 0 aliphatic rings. The Morgan fingerprint density at radius 3 is 2.78 bits per heavy atom. The van der Waals surface area contributed by atoms with Crippen LogP contribution in [0.15, 0.2) is 30.6 Å². The van der Waals surface area contributed by atoms with Crippen LogP contribution in [0, 0.1) is 6.92 Å². The van der Waals surface area contributed by atoms with Crippen LogP contribution in [-0.4, -0.2) is 23.6 Å². The second-order valence-electron chi connectivity index (χ2n) is 4.02. The number of aryl methyl sites for hydroxylation is 1. The van der Waals surface area contributed by atoms with Crippen molar-refractivity contribution in [2.45, 2.75) is 13.8 Å². The quantitative estimate of drug-likeness (QED) is 0.897. The lowest BCUT2D eigenvalue weighted by Crippen LogP contribution is -2.00. The summed E-state index contributed by atoms with van der Waals surface area (Å²) >= 11 is 0. The lowest BCUT2D eigenvalue weighted by atomic mass is 10.1. The van der Waals surface area contributed by atoms with E-state index in [-0.39, 0.29) is 0 Å². The Balaban J connectivity index is 2.47. The second-order valence-corrected chi connectivity index (χ2v) is 4.02. The second kappa shape index (κ2) is 5.49. The van der Waals surface area contributed by atoms with Gasteiger partial charge in [0.1, 0.15) is 17.9 Å². The first-order valence-electron chi connectivity index (χ1n) is 5.95. The molecule has 1 aromatic carbocycles. The minimum atomic E-state index is 0.821. The first-order valence-corrected chi connectivity index (χ1v) is 5.95. The van der Waals surface area contributed by atoms with Crippen molar-refractivity contribution in [1.29, 1.82) is 0 Å². The Morgan fingerprint density at radius 1 is 1.22 bits per heavy atom. The molecule has 18 heavy (non-hydrogen) atoms. The fourth-order valence-electron chi connectivity index (χ4n) is 1.80. The molecule has 0 aliphatic carbocycles. The van der Waals surface area contributed by atoms with Crippen molar-refractivity contribution in [2.24, 2.45) is 0 Å². The normalized spacial score (nSPS) is 10.2. The molecule has 0 atom stereocenters. The summed E-state index contributed by atoms with van der Waals surface area (Å²) in [6.45, 7) is 4.92. The SMILES string of the molecule is CCNc1cc(-c2cc(C)ccc2OC)ncn1. The number of ether oxygens (including phenoxy) is 1. The van der Waals surface area contributed by atoms with Gasteiger partial charge in [-0.15, -0.1) is 0 Å². The van der Waals surface area contributed by atoms with Crippen LogP contribution in [-0.2, 0) is 0 Å². The van der Waals surface area contributed by atoms with Gasteiger partial charge in [0.2, 0.25) is 0 Å². The van der Waals surface area contributed by atoms with Crippen molar-refractivity contribution in [3.8, 4) is 17.0 Å². The molecule has 0 amide bonds. The minimum absolute atomic E-state index is 0.821. The van der Waals surface area contributed by atoms with E-state index < -0.39 is 0 Å². The highest BCUT2D eigenvalue weighted by atomic mass is 16.5. The number of hydrogen-bond donors (Lipinski definition) is 1. The van der Waals surface area contributed by atoms with E-state index in [9.17, 15) is 0 Å². The molecule has 4 heteroatoms. The molecule has 2 aromatic rings. The van der Waals surface area contributed by atoms with Crippen molar-refractivity contribution < 1.29 is 4.74 Å². The number of hydrogen-bond acceptors (Lipinski definition) is 4. The topological polar surface area (TPSA) is 47.0 Å². The third kappa shape index (κ3) is 2.59. The van der Waals surface area contributed by atoms with Crippen LogP contribution < -0.4 is 10.1 Å². The zero-order valence-electron chi connectivity index (χ0n) is 10.9. The van der Waals surface area contributed by atoms with Crippen LogP contribution in [0.1, 0.15) is 12.5 Å². The maximum absolute atomic E-state index is 5.37. The molecule has 4 nitrogen and oxygen atoms in total. The fourth-order valence-corrected chi connectivity index (χ4v) is 1.80. The Hall–Kier alpha value is -2.10. The summed E-state index contributed by atoms with van der Waals surface area (Å²) in [6.07, 6.45) is 1.56. The summed E-state index contributed by atoms with van der Waals surface area (Å²) in [6, 6.07) is 7.98. The fraction of sp³-hybridized carbons (Fsp3) is 0.286. The van der Waals surface area contributed by atoms with E-state index in [2.05, 4.69) is 28.3 Å². The van der Waals surface area contributed by atoms with E-state index >= 15 is 0 Å². The Kier molecular flexibility index (Phi) is 3.77. The van der Waals surface area contributed by atoms with Gasteiger partial charge in [-0.2, -0.15) is 0 Å². The summed E-state index contributed by atoms with van der Waals surface area (Å²) < 4.78 is 5.37. The molecule has 0 spiro atoms. The van der Waals surface area contributed by atoms with Crippen LogP contribution in [0.4, 0.5) is 5.82 Å². The first kappa shape index (κ1) is 12.4. The van der Waals surface area contributed by atoms with Gasteiger partial charge in [-0.25, -0.2) is 9.97 Å². The number of nitrogens with one attached hydrogen (secondary N) is 1. The molecule has 0 saturated heterocycles. The predicted molar refractivity (Wildman–Crippen MR) is 72.9 cm³/mol. The predicted octanol–water partition coefficient (Wildman–Crippen LogP) is 2.89. The number of benzene rings is 1. The smallest absolute Gasteiger partial charge is 0.129 e. The summed E-state index contributed by atoms with van der Waals surface area (Å²) in [7, 11) is 1.67. The van der Waals surface area contributed by atoms with Crippen LogP contribution in [0.25, 0.3) is 11.3 Å². The Bertz CT molecular complexity index is 540. The highest BCUT2D eigenvalue weighted by molar-refractivity contribution is 5.69. The van der Waals surface area contributed by atoms with Gasteiger partial charge in [-0.3, -0.25) is 0 Å². The van der Waals surface area contributed by atoms with Gasteiger partial charge in [0.15, 0.2) is 0 Å². The number of aromatic nitrogens is 2. The van der Waals surface area contributed by atoms with Crippen LogP contribution in [0.3, 0.4) is 0 Å². The van der Waals surface area contributed by atoms with Gasteiger partial charge in [-0.1, -0.05) is 11.6 Å². The van der Waals surface area contributed by atoms with E-state index in [4.69, 9.17) is 4.74 Å². The number of nitrogens with zero attached hydrogens (tertiary/aromatic N) is 2. The molecule has 0 unspecified atom stereocenters. The van der Waals surface area contributed by atoms with Gasteiger partial charge in [0.25, 0.3) is 0 Å². The summed E-state index contributed by atoms with van der Waals surface area (Å²) in [5.74, 6) is 1.65. The average molecular weight is 243 g/mol. The minimum Gasteiger partial charge on any atom is -0.496 e. The third-order valence-electron chi connectivity index (χ3n) is 2.66. The van der Waals surface area contributed by atoms with Gasteiger partial charge >= 0.3 is 0 Å². The largest absolute Gasteiger partial charge is 0.496 e. The van der Waals surface area contributed by atoms with Crippen molar-refractivity contribution in [3.05, 3.63) is 36.2 Å². The molecular weight excluding hydrogens is 226 g/mol. The monoisotopic (exact) mass is 243 g/mol. The lowest BCUT2D eigenvalue weighted by Gasteiger charge is -2.10. The highest BCUT2D eigenvalue weighted by Gasteiger charge is 2.08. The van der Waals surface area contributed by atoms with Gasteiger partial charge in [-0.05, 0) is 26.0 Å². The number of methoxy groups -OCH3 is 1. The molecule has 94 valence electrons. The van der Waals surface area contributed by atoms with Gasteiger partial charge < -0.3 is 10.1 Å². The molecule has 1 heterocycles. The van der Waals surface area contributed by atoms with E-state index in [0.29, 0.717) is 0 Å². The zero-order chi connectivity index (χ0) is 13.0. The van der Waals surface area contributed by atoms with Gasteiger partial charge in [0, 0.05) is 18.2 Å². The lowest BCUT2D eigenvalue weighted by molar-refractivity contribution is 0.416. The first-order chi connectivity index (χ1) is 8.74. The molecule has 0 fully saturated rings. The van der Waals surface area contributed by atoms with E-state index in [0.717, 1.165) is 29.4 Å². The molecule has 0 saturated carbocycles. The Morgan fingerprint density at radius 2 is 2.06 bits per heavy atom. The van der Waals surface area contributed by atoms with E-state index in [1.54, 1.807) is 13.4 Å². The van der Waals surface area contributed by atoms with E-state index in [1.807, 2.05) is 25.1 Å². The molecule has 0 aliphatic heterocycles. The molecule has 1 aromatic heterocycles. The number of anilines is 1. The highest BCUT2D eigenvalue weighted by Crippen LogP contribution is 2.30. The summed E-state index contributed by atoms with van der Waals surface area (Å²) in [5.41, 5.74) is 3.02. The molecule has 0 radical (unpaired) electrons. The molecule has 2 rings (SSSR count). The van der Waals surface area contributed by atoms with Crippen molar-refractivity contribution >= 4 is 5.82 Å². The molecule has 1 N–H and O–H groups in total. The zero-order valence-corrected chi connectivity index (χ0v) is 10.9. The van der Waals surface area contributed by atoms with Crippen molar-refractivity contribution in [2.75, 3.05) is 19.0 Å². The van der Waals surface area contributed by atoms with Crippen molar-refractivity contribution in [3.63, 3.8) is 0 Å². The van der Waals surface area contributed by atoms with Crippen LogP contribution in [0.5, 0.6) is 5.75 Å². The Labute approximate surface area is 107 Å². The van der Waals surface area contributed by atoms with E-state index in [1.165, 1.54) is 5.56 Å². The van der Waals surface area contributed by atoms with Crippen LogP contribution in [0.2, 0.25) is 0 Å². The van der Waals surface area contributed by atoms with Crippen molar-refractivity contribution in [1.82, 2.24) is 9.97 Å². The maximum atomic E-state index is 5.37. The average Bonchev–Trinajstić information content (AvgIpc) is 2.39.